The number of nitrogens with one attached hydrogen (secondary N) is 1. The molecule has 0 amide bonds. The molecule has 2 fully saturated rings. The predicted molar refractivity (Wildman–Crippen MR) is 71.3 cm³/mol. The zero-order valence-corrected chi connectivity index (χ0v) is 11.8. The second-order valence-electron chi connectivity index (χ2n) is 5.58. The van der Waals surface area contributed by atoms with Crippen molar-refractivity contribution in [1.29, 1.82) is 0 Å². The van der Waals surface area contributed by atoms with E-state index in [4.69, 9.17) is 0 Å². The van der Waals surface area contributed by atoms with Gasteiger partial charge in [-0.05, 0) is 51.9 Å². The quantitative estimate of drug-likeness (QED) is 0.722. The van der Waals surface area contributed by atoms with Gasteiger partial charge in [-0.25, -0.2) is 8.42 Å². The van der Waals surface area contributed by atoms with Crippen LogP contribution in [0.4, 0.5) is 0 Å². The summed E-state index contributed by atoms with van der Waals surface area (Å²) in [5, 5.41) is 13.0. The van der Waals surface area contributed by atoms with Crippen molar-refractivity contribution in [3.63, 3.8) is 0 Å². The van der Waals surface area contributed by atoms with Crippen LogP contribution in [0.2, 0.25) is 0 Å². The second kappa shape index (κ2) is 5.86. The average molecular weight is 276 g/mol. The Bertz CT molecular complexity index is 364. The largest absolute Gasteiger partial charge is 0.390 e. The third-order valence-corrected chi connectivity index (χ3v) is 5.91. The van der Waals surface area contributed by atoms with E-state index in [-0.39, 0.29) is 17.5 Å². The zero-order chi connectivity index (χ0) is 13.2. The molecule has 0 saturated carbocycles. The zero-order valence-electron chi connectivity index (χ0n) is 11.0. The smallest absolute Gasteiger partial charge is 0.154 e. The first-order valence-corrected chi connectivity index (χ1v) is 8.61. The van der Waals surface area contributed by atoms with Crippen molar-refractivity contribution in [3.05, 3.63) is 0 Å². The van der Waals surface area contributed by atoms with Gasteiger partial charge in [-0.3, -0.25) is 4.90 Å². The summed E-state index contributed by atoms with van der Waals surface area (Å²) < 4.78 is 23.0. The van der Waals surface area contributed by atoms with Crippen molar-refractivity contribution in [2.24, 2.45) is 5.92 Å². The van der Waals surface area contributed by atoms with Crippen LogP contribution in [0.15, 0.2) is 0 Å². The highest BCUT2D eigenvalue weighted by atomic mass is 32.2. The topological polar surface area (TPSA) is 69.6 Å². The first kappa shape index (κ1) is 14.2. The van der Waals surface area contributed by atoms with E-state index >= 15 is 0 Å². The summed E-state index contributed by atoms with van der Waals surface area (Å²) in [6, 6.07) is -0.166. The minimum atomic E-state index is -3.02. The lowest BCUT2D eigenvalue weighted by Gasteiger charge is -2.36. The molecule has 0 aliphatic carbocycles. The Morgan fingerprint density at radius 2 is 1.94 bits per heavy atom. The van der Waals surface area contributed by atoms with Gasteiger partial charge in [-0.15, -0.1) is 0 Å². The highest BCUT2D eigenvalue weighted by molar-refractivity contribution is 7.91. The van der Waals surface area contributed by atoms with Gasteiger partial charge in [0.1, 0.15) is 0 Å². The molecule has 0 aromatic rings. The molecular weight excluding hydrogens is 252 g/mol. The molecule has 6 heteroatoms. The van der Waals surface area contributed by atoms with Gasteiger partial charge in [0, 0.05) is 0 Å². The fourth-order valence-electron chi connectivity index (χ4n) is 3.08. The van der Waals surface area contributed by atoms with E-state index in [0.29, 0.717) is 0 Å². The summed E-state index contributed by atoms with van der Waals surface area (Å²) in [6.45, 7) is 2.89. The Balaban J connectivity index is 1.83. The molecule has 18 heavy (non-hydrogen) atoms. The van der Waals surface area contributed by atoms with Crippen LogP contribution in [0.5, 0.6) is 0 Å². The van der Waals surface area contributed by atoms with Crippen LogP contribution in [0.25, 0.3) is 0 Å². The SMILES string of the molecule is CNCCC1CCN(C2CS(=O)(=O)CC2O)CC1. The maximum atomic E-state index is 11.5. The predicted octanol–water partition coefficient (Wildman–Crippen LogP) is -0.534. The van der Waals surface area contributed by atoms with E-state index in [1.807, 2.05) is 7.05 Å². The maximum absolute atomic E-state index is 11.5. The van der Waals surface area contributed by atoms with E-state index in [2.05, 4.69) is 10.2 Å². The molecule has 2 unspecified atom stereocenters. The molecule has 2 saturated heterocycles. The standard InChI is InChI=1S/C12H24N2O3S/c1-13-5-2-10-3-6-14(7-4-10)11-8-18(16,17)9-12(11)15/h10-13,15H,2-9H2,1H3. The lowest BCUT2D eigenvalue weighted by Crippen LogP contribution is -2.47. The first-order chi connectivity index (χ1) is 8.52. The van der Waals surface area contributed by atoms with Gasteiger partial charge >= 0.3 is 0 Å². The fourth-order valence-corrected chi connectivity index (χ4v) is 4.91. The molecule has 2 N–H and O–H groups in total. The monoisotopic (exact) mass is 276 g/mol. The van der Waals surface area contributed by atoms with Crippen molar-refractivity contribution < 1.29 is 13.5 Å². The van der Waals surface area contributed by atoms with E-state index in [0.717, 1.165) is 38.4 Å². The molecule has 2 rings (SSSR count). The Kier molecular flexibility index (Phi) is 4.64. The summed E-state index contributed by atoms with van der Waals surface area (Å²) in [4.78, 5) is 2.17. The van der Waals surface area contributed by atoms with E-state index < -0.39 is 15.9 Å². The summed E-state index contributed by atoms with van der Waals surface area (Å²) >= 11 is 0. The van der Waals surface area contributed by atoms with Crippen molar-refractivity contribution in [2.75, 3.05) is 38.2 Å². The van der Waals surface area contributed by atoms with Gasteiger partial charge in [0.15, 0.2) is 9.84 Å². The van der Waals surface area contributed by atoms with Gasteiger partial charge in [-0.1, -0.05) is 0 Å². The van der Waals surface area contributed by atoms with Crippen molar-refractivity contribution in [3.8, 4) is 0 Å². The van der Waals surface area contributed by atoms with Crippen LogP contribution >= 0.6 is 0 Å². The minimum absolute atomic E-state index is 0.0582. The van der Waals surface area contributed by atoms with Crippen molar-refractivity contribution in [2.45, 2.75) is 31.4 Å². The highest BCUT2D eigenvalue weighted by Crippen LogP contribution is 2.26. The molecular formula is C12H24N2O3S. The summed E-state index contributed by atoms with van der Waals surface area (Å²) in [5.74, 6) is 0.816. The number of aliphatic hydroxyl groups is 1. The molecule has 0 radical (unpaired) electrons. The molecule has 2 aliphatic heterocycles. The van der Waals surface area contributed by atoms with Crippen LogP contribution in [0, 0.1) is 5.92 Å². The summed E-state index contributed by atoms with van der Waals surface area (Å²) in [7, 11) is -1.06. The molecule has 0 bridgehead atoms. The molecule has 2 atom stereocenters. The number of sulfone groups is 1. The Morgan fingerprint density at radius 3 is 2.44 bits per heavy atom. The number of aliphatic hydroxyl groups excluding tert-OH is 1. The van der Waals surface area contributed by atoms with Crippen LogP contribution in [-0.2, 0) is 9.84 Å². The van der Waals surface area contributed by atoms with E-state index in [1.54, 1.807) is 0 Å². The number of hydrogen-bond acceptors (Lipinski definition) is 5. The molecule has 0 spiro atoms. The van der Waals surface area contributed by atoms with E-state index in [9.17, 15) is 13.5 Å². The van der Waals surface area contributed by atoms with Crippen molar-refractivity contribution >= 4 is 9.84 Å². The van der Waals surface area contributed by atoms with Gasteiger partial charge in [0.2, 0.25) is 0 Å². The number of likely N-dealkylation sites (tertiary alicyclic amines) is 1. The van der Waals surface area contributed by atoms with Gasteiger partial charge in [-0.2, -0.15) is 0 Å². The fraction of sp³-hybridized carbons (Fsp3) is 1.00. The number of piperidine rings is 1. The lowest BCUT2D eigenvalue weighted by molar-refractivity contribution is 0.0577. The van der Waals surface area contributed by atoms with Crippen LogP contribution in [0.3, 0.4) is 0 Å². The number of hydrogen-bond donors (Lipinski definition) is 2. The summed E-state index contributed by atoms with van der Waals surface area (Å²) in [5.41, 5.74) is 0. The Labute approximate surface area is 109 Å². The van der Waals surface area contributed by atoms with Gasteiger partial charge in [0.05, 0.1) is 23.7 Å². The van der Waals surface area contributed by atoms with E-state index in [1.165, 1.54) is 6.42 Å². The minimum Gasteiger partial charge on any atom is -0.390 e. The second-order valence-corrected chi connectivity index (χ2v) is 7.74. The van der Waals surface area contributed by atoms with Crippen molar-refractivity contribution in [1.82, 2.24) is 10.2 Å². The highest BCUT2D eigenvalue weighted by Gasteiger charge is 2.40. The normalized spacial score (nSPS) is 33.9. The molecule has 0 aromatic carbocycles. The maximum Gasteiger partial charge on any atom is 0.154 e. The third kappa shape index (κ3) is 3.44. The van der Waals surface area contributed by atoms with Gasteiger partial charge < -0.3 is 10.4 Å². The van der Waals surface area contributed by atoms with Crippen LogP contribution in [-0.4, -0.2) is 68.8 Å². The molecule has 0 aromatic heterocycles. The Morgan fingerprint density at radius 1 is 1.28 bits per heavy atom. The molecule has 106 valence electrons. The third-order valence-electron chi connectivity index (χ3n) is 4.21. The van der Waals surface area contributed by atoms with Crippen LogP contribution in [0.1, 0.15) is 19.3 Å². The molecule has 5 nitrogen and oxygen atoms in total. The molecule has 2 heterocycles. The van der Waals surface area contributed by atoms with Gasteiger partial charge in [0.25, 0.3) is 0 Å². The number of rotatable bonds is 4. The number of nitrogens with zero attached hydrogens (tertiary/aromatic N) is 1. The summed E-state index contributed by atoms with van der Waals surface area (Å²) in [6.07, 6.45) is 2.73. The average Bonchev–Trinajstić information content (AvgIpc) is 2.61. The lowest BCUT2D eigenvalue weighted by atomic mass is 9.92. The Hall–Kier alpha value is -0.170. The first-order valence-electron chi connectivity index (χ1n) is 6.79. The molecule has 2 aliphatic rings. The van der Waals surface area contributed by atoms with Crippen LogP contribution < -0.4 is 5.32 Å².